The highest BCUT2D eigenvalue weighted by Gasteiger charge is 2.41. The molecule has 2 heterocycles. The first-order valence-electron chi connectivity index (χ1n) is 10.2. The van der Waals surface area contributed by atoms with E-state index in [0.717, 1.165) is 5.56 Å². The Hall–Kier alpha value is -3.19. The second kappa shape index (κ2) is 9.09. The van der Waals surface area contributed by atoms with Crippen molar-refractivity contribution in [2.24, 2.45) is 0 Å². The average Bonchev–Trinajstić information content (AvgIpc) is 3.09. The molecule has 0 aliphatic carbocycles. The van der Waals surface area contributed by atoms with Gasteiger partial charge < -0.3 is 14.5 Å². The predicted octanol–water partition coefficient (Wildman–Crippen LogP) is 2.66. The quantitative estimate of drug-likeness (QED) is 0.691. The maximum Gasteiger partial charge on any atom is 0.332 e. The second-order valence-electron chi connectivity index (χ2n) is 7.57. The maximum absolute atomic E-state index is 12.8. The number of urea groups is 1. The molecule has 0 radical (unpaired) electrons. The van der Waals surface area contributed by atoms with E-state index in [2.05, 4.69) is 0 Å². The summed E-state index contributed by atoms with van der Waals surface area (Å²) in [5.41, 5.74) is 1.63. The van der Waals surface area contributed by atoms with E-state index in [4.69, 9.17) is 4.74 Å². The molecule has 0 bridgehead atoms. The number of carbonyl (C=O) groups excluding carboxylic acids is 3. The normalized spacial score (nSPS) is 17.7. The van der Waals surface area contributed by atoms with Crippen LogP contribution in [0.15, 0.2) is 60.7 Å². The third-order valence-corrected chi connectivity index (χ3v) is 5.60. The van der Waals surface area contributed by atoms with Crippen LogP contribution in [0.5, 0.6) is 0 Å². The Balaban J connectivity index is 1.26. The fraction of sp³-hybridized carbons (Fsp3) is 0.348. The minimum absolute atomic E-state index is 0.0375. The highest BCUT2D eigenvalue weighted by molar-refractivity contribution is 6.19. The van der Waals surface area contributed by atoms with Crippen molar-refractivity contribution in [1.82, 2.24) is 9.80 Å². The number of rotatable bonds is 6. The van der Waals surface area contributed by atoms with Crippen LogP contribution in [0.4, 0.5) is 10.5 Å². The van der Waals surface area contributed by atoms with Crippen molar-refractivity contribution in [3.05, 3.63) is 66.2 Å². The number of imide groups is 1. The van der Waals surface area contributed by atoms with E-state index in [1.807, 2.05) is 48.5 Å². The fourth-order valence-corrected chi connectivity index (χ4v) is 3.98. The summed E-state index contributed by atoms with van der Waals surface area (Å²) in [6.07, 6.45) is 1.32. The number of hydrogen-bond donors (Lipinski definition) is 0. The number of anilines is 1. The van der Waals surface area contributed by atoms with Gasteiger partial charge in [0, 0.05) is 19.1 Å². The number of piperidine rings is 1. The van der Waals surface area contributed by atoms with Crippen LogP contribution in [0.2, 0.25) is 0 Å². The van der Waals surface area contributed by atoms with Gasteiger partial charge in [-0.15, -0.1) is 0 Å². The first kappa shape index (κ1) is 20.1. The molecule has 156 valence electrons. The Kier molecular flexibility index (Phi) is 6.09. The van der Waals surface area contributed by atoms with Crippen LogP contribution in [-0.2, 0) is 20.9 Å². The van der Waals surface area contributed by atoms with Gasteiger partial charge in [-0.3, -0.25) is 9.59 Å². The van der Waals surface area contributed by atoms with Gasteiger partial charge in [-0.2, -0.15) is 0 Å². The first-order chi connectivity index (χ1) is 14.6. The van der Waals surface area contributed by atoms with Gasteiger partial charge in [-0.1, -0.05) is 48.5 Å². The van der Waals surface area contributed by atoms with Gasteiger partial charge in [-0.05, 0) is 30.5 Å². The molecule has 0 N–H and O–H groups in total. The van der Waals surface area contributed by atoms with Gasteiger partial charge in [0.15, 0.2) is 0 Å². The van der Waals surface area contributed by atoms with Gasteiger partial charge in [0.05, 0.1) is 12.3 Å². The third-order valence-electron chi connectivity index (χ3n) is 5.60. The summed E-state index contributed by atoms with van der Waals surface area (Å²) >= 11 is 0. The van der Waals surface area contributed by atoms with Crippen molar-refractivity contribution < 1.29 is 19.1 Å². The number of hydrogen-bond acceptors (Lipinski definition) is 4. The monoisotopic (exact) mass is 407 g/mol. The summed E-state index contributed by atoms with van der Waals surface area (Å²) in [5.74, 6) is -0.252. The van der Waals surface area contributed by atoms with E-state index in [0.29, 0.717) is 38.2 Å². The zero-order valence-corrected chi connectivity index (χ0v) is 16.8. The van der Waals surface area contributed by atoms with Crippen LogP contribution in [-0.4, -0.2) is 59.9 Å². The predicted molar refractivity (Wildman–Crippen MR) is 112 cm³/mol. The lowest BCUT2D eigenvalue weighted by atomic mass is 10.0. The number of carbonyl (C=O) groups is 3. The van der Waals surface area contributed by atoms with Crippen LogP contribution in [0.1, 0.15) is 18.4 Å². The SMILES string of the molecule is O=C(COCc1ccccc1)N1CCC(N2CC(=O)N(c3ccccc3)C2=O)CC1. The maximum atomic E-state index is 12.8. The molecule has 2 aliphatic rings. The summed E-state index contributed by atoms with van der Waals surface area (Å²) in [4.78, 5) is 42.4. The number of para-hydroxylation sites is 1. The molecular formula is C23H25N3O4. The average molecular weight is 407 g/mol. The van der Waals surface area contributed by atoms with Crippen molar-refractivity contribution in [3.63, 3.8) is 0 Å². The van der Waals surface area contributed by atoms with Gasteiger partial charge >= 0.3 is 6.03 Å². The minimum atomic E-state index is -0.276. The van der Waals surface area contributed by atoms with Crippen LogP contribution in [0.3, 0.4) is 0 Å². The van der Waals surface area contributed by atoms with Crippen molar-refractivity contribution >= 4 is 23.5 Å². The molecule has 7 heteroatoms. The molecule has 0 saturated carbocycles. The van der Waals surface area contributed by atoms with E-state index >= 15 is 0 Å². The third kappa shape index (κ3) is 4.36. The highest BCUT2D eigenvalue weighted by atomic mass is 16.5. The van der Waals surface area contributed by atoms with E-state index < -0.39 is 0 Å². The lowest BCUT2D eigenvalue weighted by Crippen LogP contribution is -2.48. The topological polar surface area (TPSA) is 70.2 Å². The smallest absolute Gasteiger partial charge is 0.332 e. The summed E-state index contributed by atoms with van der Waals surface area (Å²) in [6, 6.07) is 18.4. The molecule has 4 amide bonds. The molecule has 0 spiro atoms. The Labute approximate surface area is 175 Å². The van der Waals surface area contributed by atoms with E-state index in [9.17, 15) is 14.4 Å². The molecule has 0 unspecified atom stereocenters. The Bertz CT molecular complexity index is 895. The summed E-state index contributed by atoms with van der Waals surface area (Å²) in [5, 5.41) is 0. The molecule has 2 aromatic carbocycles. The molecule has 2 aromatic rings. The van der Waals surface area contributed by atoms with Crippen LogP contribution in [0, 0.1) is 0 Å². The number of benzene rings is 2. The molecule has 30 heavy (non-hydrogen) atoms. The zero-order valence-electron chi connectivity index (χ0n) is 16.8. The molecule has 2 saturated heterocycles. The number of nitrogens with zero attached hydrogens (tertiary/aromatic N) is 3. The lowest BCUT2D eigenvalue weighted by Gasteiger charge is -2.36. The highest BCUT2D eigenvalue weighted by Crippen LogP contribution is 2.26. The summed E-state index contributed by atoms with van der Waals surface area (Å²) in [6.45, 7) is 1.65. The van der Waals surface area contributed by atoms with Crippen molar-refractivity contribution in [2.75, 3.05) is 31.1 Å². The van der Waals surface area contributed by atoms with E-state index in [-0.39, 0.29) is 37.0 Å². The van der Waals surface area contributed by atoms with Crippen molar-refractivity contribution in [3.8, 4) is 0 Å². The van der Waals surface area contributed by atoms with Crippen molar-refractivity contribution in [1.29, 1.82) is 0 Å². The number of likely N-dealkylation sites (tertiary alicyclic amines) is 1. The second-order valence-corrected chi connectivity index (χ2v) is 7.57. The van der Waals surface area contributed by atoms with Crippen molar-refractivity contribution in [2.45, 2.75) is 25.5 Å². The number of ether oxygens (including phenoxy) is 1. The van der Waals surface area contributed by atoms with E-state index in [1.54, 1.807) is 21.9 Å². The molecule has 2 aliphatic heterocycles. The molecule has 4 rings (SSSR count). The minimum Gasteiger partial charge on any atom is -0.367 e. The van der Waals surface area contributed by atoms with Gasteiger partial charge in [0.1, 0.15) is 13.2 Å². The summed E-state index contributed by atoms with van der Waals surface area (Å²) < 4.78 is 5.55. The molecule has 0 atom stereocenters. The molecule has 2 fully saturated rings. The molecule has 7 nitrogen and oxygen atoms in total. The fourth-order valence-electron chi connectivity index (χ4n) is 3.98. The van der Waals surface area contributed by atoms with E-state index in [1.165, 1.54) is 4.90 Å². The lowest BCUT2D eigenvalue weighted by molar-refractivity contribution is -0.138. The molecule has 0 aromatic heterocycles. The van der Waals surface area contributed by atoms with Gasteiger partial charge in [-0.25, -0.2) is 9.69 Å². The van der Waals surface area contributed by atoms with Crippen LogP contribution in [0.25, 0.3) is 0 Å². The Morgan fingerprint density at radius 1 is 0.933 bits per heavy atom. The van der Waals surface area contributed by atoms with Crippen LogP contribution < -0.4 is 4.90 Å². The first-order valence-corrected chi connectivity index (χ1v) is 10.2. The largest absolute Gasteiger partial charge is 0.367 e. The standard InChI is InChI=1S/C23H25N3O4/c27-21-15-25(23(29)26(21)20-9-5-2-6-10-20)19-11-13-24(14-12-19)22(28)17-30-16-18-7-3-1-4-8-18/h1-10,19H,11-17H2. The van der Waals surface area contributed by atoms with Crippen LogP contribution >= 0.6 is 0 Å². The summed E-state index contributed by atoms with van der Waals surface area (Å²) in [7, 11) is 0. The zero-order chi connectivity index (χ0) is 20.9. The van der Waals surface area contributed by atoms with Gasteiger partial charge in [0.2, 0.25) is 5.91 Å². The number of amides is 4. The Morgan fingerprint density at radius 2 is 1.57 bits per heavy atom. The van der Waals surface area contributed by atoms with Gasteiger partial charge in [0.25, 0.3) is 5.91 Å². The molecular weight excluding hydrogens is 382 g/mol. The Morgan fingerprint density at radius 3 is 2.23 bits per heavy atom.